The minimum absolute atomic E-state index is 0.412. The summed E-state index contributed by atoms with van der Waals surface area (Å²) >= 11 is 1.92. The molecule has 2 aromatic rings. The van der Waals surface area contributed by atoms with Gasteiger partial charge in [-0.1, -0.05) is 43.3 Å². The monoisotopic (exact) mass is 299 g/mol. The normalized spacial score (nSPS) is 12.3. The number of benzene rings is 2. The number of nitrogens with one attached hydrogen (secondary N) is 1. The van der Waals surface area contributed by atoms with Crippen molar-refractivity contribution in [1.29, 1.82) is 0 Å². The molecule has 112 valence electrons. The van der Waals surface area contributed by atoms with E-state index in [-0.39, 0.29) is 0 Å². The van der Waals surface area contributed by atoms with Gasteiger partial charge in [0, 0.05) is 16.7 Å². The van der Waals surface area contributed by atoms with E-state index < -0.39 is 0 Å². The van der Waals surface area contributed by atoms with Gasteiger partial charge in [-0.15, -0.1) is 11.8 Å². The van der Waals surface area contributed by atoms with Crippen molar-refractivity contribution in [3.8, 4) is 0 Å². The quantitative estimate of drug-likeness (QED) is 0.711. The molecule has 1 nitrogen and oxygen atoms in total. The lowest BCUT2D eigenvalue weighted by molar-refractivity contribution is 0.577. The van der Waals surface area contributed by atoms with E-state index in [2.05, 4.69) is 74.6 Å². The van der Waals surface area contributed by atoms with Crippen LogP contribution in [0, 0.1) is 13.8 Å². The van der Waals surface area contributed by atoms with Crippen LogP contribution in [0.5, 0.6) is 0 Å². The van der Waals surface area contributed by atoms with Crippen molar-refractivity contribution < 1.29 is 0 Å². The molecular weight excluding hydrogens is 274 g/mol. The molecule has 1 N–H and O–H groups in total. The zero-order valence-corrected chi connectivity index (χ0v) is 14.0. The first kappa shape index (κ1) is 16.1. The molecule has 0 aliphatic carbocycles. The van der Waals surface area contributed by atoms with Crippen molar-refractivity contribution >= 4 is 11.8 Å². The van der Waals surface area contributed by atoms with Crippen LogP contribution in [0.1, 0.15) is 36.1 Å². The van der Waals surface area contributed by atoms with E-state index in [9.17, 15) is 0 Å². The van der Waals surface area contributed by atoms with Crippen LogP contribution >= 0.6 is 11.8 Å². The smallest absolute Gasteiger partial charge is 0.0415 e. The molecule has 0 saturated carbocycles. The molecule has 0 amide bonds. The summed E-state index contributed by atoms with van der Waals surface area (Å²) in [5.74, 6) is 1.06. The van der Waals surface area contributed by atoms with Gasteiger partial charge in [-0.05, 0) is 55.6 Å². The average Bonchev–Trinajstić information content (AvgIpc) is 2.51. The summed E-state index contributed by atoms with van der Waals surface area (Å²) in [7, 11) is 0. The van der Waals surface area contributed by atoms with E-state index in [1.54, 1.807) is 0 Å². The first-order chi connectivity index (χ1) is 10.2. The first-order valence-corrected chi connectivity index (χ1v) is 8.67. The van der Waals surface area contributed by atoms with Crippen LogP contribution in [-0.2, 0) is 0 Å². The van der Waals surface area contributed by atoms with Gasteiger partial charge < -0.3 is 5.32 Å². The summed E-state index contributed by atoms with van der Waals surface area (Å²) in [6.07, 6.45) is 1.16. The van der Waals surface area contributed by atoms with Gasteiger partial charge in [0.25, 0.3) is 0 Å². The Hall–Kier alpha value is -1.25. The Bertz CT molecular complexity index is 551. The highest BCUT2D eigenvalue weighted by Gasteiger charge is 2.12. The highest BCUT2D eigenvalue weighted by Crippen LogP contribution is 2.25. The fourth-order valence-electron chi connectivity index (χ4n) is 2.27. The third-order valence-corrected chi connectivity index (χ3v) is 4.84. The van der Waals surface area contributed by atoms with Crippen molar-refractivity contribution in [3.05, 3.63) is 65.2 Å². The van der Waals surface area contributed by atoms with Crippen molar-refractivity contribution in [3.63, 3.8) is 0 Å². The van der Waals surface area contributed by atoms with E-state index in [0.29, 0.717) is 6.04 Å². The molecular formula is C19H25NS. The molecule has 0 fully saturated rings. The average molecular weight is 299 g/mol. The molecule has 2 rings (SSSR count). The van der Waals surface area contributed by atoms with Gasteiger partial charge in [0.15, 0.2) is 0 Å². The number of rotatable bonds is 7. The Morgan fingerprint density at radius 1 is 1.00 bits per heavy atom. The van der Waals surface area contributed by atoms with Crippen LogP contribution in [0.25, 0.3) is 0 Å². The highest BCUT2D eigenvalue weighted by molar-refractivity contribution is 7.99. The van der Waals surface area contributed by atoms with E-state index in [1.807, 2.05) is 11.8 Å². The molecule has 1 unspecified atom stereocenters. The van der Waals surface area contributed by atoms with Crippen LogP contribution in [0.4, 0.5) is 0 Å². The van der Waals surface area contributed by atoms with Crippen LogP contribution in [-0.4, -0.2) is 12.3 Å². The Kier molecular flexibility index (Phi) is 6.34. The van der Waals surface area contributed by atoms with Gasteiger partial charge in [0.2, 0.25) is 0 Å². The lowest BCUT2D eigenvalue weighted by atomic mass is 10.0. The maximum atomic E-state index is 3.68. The summed E-state index contributed by atoms with van der Waals surface area (Å²) in [4.78, 5) is 1.34. The third-order valence-electron chi connectivity index (χ3n) is 3.73. The lowest BCUT2D eigenvalue weighted by Crippen LogP contribution is -2.24. The van der Waals surface area contributed by atoms with Gasteiger partial charge in [0.05, 0.1) is 0 Å². The fraction of sp³-hybridized carbons (Fsp3) is 0.368. The predicted molar refractivity (Wildman–Crippen MR) is 94.1 cm³/mol. The minimum atomic E-state index is 0.412. The van der Waals surface area contributed by atoms with Gasteiger partial charge >= 0.3 is 0 Å². The standard InChI is InChI=1S/C19H25NS/c1-4-12-20-19(14-21-18-8-6-5-7-9-18)17-11-10-15(2)16(3)13-17/h5-11,13,19-20H,4,12,14H2,1-3H3. The van der Waals surface area contributed by atoms with Crippen LogP contribution in [0.15, 0.2) is 53.4 Å². The zero-order chi connectivity index (χ0) is 15.1. The summed E-state index contributed by atoms with van der Waals surface area (Å²) in [6, 6.07) is 17.9. The van der Waals surface area contributed by atoms with E-state index in [1.165, 1.54) is 21.6 Å². The van der Waals surface area contributed by atoms with Crippen LogP contribution in [0.3, 0.4) is 0 Å². The first-order valence-electron chi connectivity index (χ1n) is 7.69. The van der Waals surface area contributed by atoms with Gasteiger partial charge in [0.1, 0.15) is 0 Å². The summed E-state index contributed by atoms with van der Waals surface area (Å²) in [5.41, 5.74) is 4.14. The molecule has 2 heteroatoms. The molecule has 0 aromatic heterocycles. The third kappa shape index (κ3) is 4.90. The number of aryl methyl sites for hydroxylation is 2. The van der Waals surface area contributed by atoms with E-state index in [4.69, 9.17) is 0 Å². The molecule has 0 spiro atoms. The summed E-state index contributed by atoms with van der Waals surface area (Å²) < 4.78 is 0. The second-order valence-corrected chi connectivity index (χ2v) is 6.57. The topological polar surface area (TPSA) is 12.0 Å². The van der Waals surface area contributed by atoms with Gasteiger partial charge in [-0.3, -0.25) is 0 Å². The maximum absolute atomic E-state index is 3.68. The van der Waals surface area contributed by atoms with Crippen LogP contribution in [0.2, 0.25) is 0 Å². The van der Waals surface area contributed by atoms with Crippen molar-refractivity contribution in [2.45, 2.75) is 38.1 Å². The molecule has 1 atom stereocenters. The van der Waals surface area contributed by atoms with E-state index >= 15 is 0 Å². The largest absolute Gasteiger partial charge is 0.309 e. The maximum Gasteiger partial charge on any atom is 0.0415 e. The highest BCUT2D eigenvalue weighted by atomic mass is 32.2. The summed E-state index contributed by atoms with van der Waals surface area (Å²) in [6.45, 7) is 7.65. The Balaban J connectivity index is 2.08. The molecule has 0 radical (unpaired) electrons. The number of hydrogen-bond acceptors (Lipinski definition) is 2. The number of hydrogen-bond donors (Lipinski definition) is 1. The molecule has 0 saturated heterocycles. The Morgan fingerprint density at radius 2 is 1.76 bits per heavy atom. The van der Waals surface area contributed by atoms with Gasteiger partial charge in [-0.25, -0.2) is 0 Å². The van der Waals surface area contributed by atoms with Crippen molar-refractivity contribution in [2.75, 3.05) is 12.3 Å². The molecule has 2 aromatic carbocycles. The second-order valence-electron chi connectivity index (χ2n) is 5.47. The molecule has 0 aliphatic rings. The summed E-state index contributed by atoms with van der Waals surface area (Å²) in [5, 5.41) is 3.68. The van der Waals surface area contributed by atoms with Crippen LogP contribution < -0.4 is 5.32 Å². The van der Waals surface area contributed by atoms with Gasteiger partial charge in [-0.2, -0.15) is 0 Å². The Labute approximate surface area is 133 Å². The Morgan fingerprint density at radius 3 is 2.43 bits per heavy atom. The number of thioether (sulfide) groups is 1. The van der Waals surface area contributed by atoms with Crippen molar-refractivity contribution in [2.24, 2.45) is 0 Å². The molecule has 0 aliphatic heterocycles. The van der Waals surface area contributed by atoms with E-state index in [0.717, 1.165) is 18.7 Å². The fourth-order valence-corrected chi connectivity index (χ4v) is 3.29. The van der Waals surface area contributed by atoms with Crippen molar-refractivity contribution in [1.82, 2.24) is 5.32 Å². The molecule has 21 heavy (non-hydrogen) atoms. The zero-order valence-electron chi connectivity index (χ0n) is 13.2. The SMILES string of the molecule is CCCNC(CSc1ccccc1)c1ccc(C)c(C)c1. The molecule has 0 bridgehead atoms. The molecule has 0 heterocycles. The minimum Gasteiger partial charge on any atom is -0.309 e. The second kappa shape index (κ2) is 8.26. The predicted octanol–water partition coefficient (Wildman–Crippen LogP) is 5.14. The lowest BCUT2D eigenvalue weighted by Gasteiger charge is -2.20.